The number of fused-ring (bicyclic) bond motifs is 1. The van der Waals surface area contributed by atoms with Crippen molar-refractivity contribution in [3.63, 3.8) is 0 Å². The third-order valence-electron chi connectivity index (χ3n) is 5.03. The molecule has 3 aromatic heterocycles. The number of nitrogens with one attached hydrogen (secondary N) is 1. The number of hydrogen-bond donors (Lipinski definition) is 1. The van der Waals surface area contributed by atoms with E-state index < -0.39 is 11.2 Å². The molecule has 4 aromatic rings. The Hall–Kier alpha value is -4.06. The lowest BCUT2D eigenvalue weighted by Gasteiger charge is -2.13. The Morgan fingerprint density at radius 2 is 1.91 bits per heavy atom. The van der Waals surface area contributed by atoms with E-state index in [1.54, 1.807) is 30.3 Å². The number of hydrogen-bond acceptors (Lipinski definition) is 9. The highest BCUT2D eigenvalue weighted by atomic mass is 32.2. The Labute approximate surface area is 197 Å². The van der Waals surface area contributed by atoms with Gasteiger partial charge in [0.2, 0.25) is 5.91 Å². The number of nitrogens with zero attached hydrogens (tertiary/aromatic N) is 4. The van der Waals surface area contributed by atoms with Crippen LogP contribution in [-0.4, -0.2) is 45.0 Å². The van der Waals surface area contributed by atoms with Crippen LogP contribution in [0.1, 0.15) is 0 Å². The van der Waals surface area contributed by atoms with Gasteiger partial charge in [-0.1, -0.05) is 11.8 Å². The molecule has 4 rings (SSSR count). The smallest absolute Gasteiger partial charge is 0.332 e. The predicted octanol–water partition coefficient (Wildman–Crippen LogP) is 2.04. The molecule has 176 valence electrons. The van der Waals surface area contributed by atoms with Crippen molar-refractivity contribution >= 4 is 34.4 Å². The van der Waals surface area contributed by atoms with E-state index in [4.69, 9.17) is 13.9 Å². The van der Waals surface area contributed by atoms with E-state index in [2.05, 4.69) is 15.3 Å². The monoisotopic (exact) mass is 483 g/mol. The highest BCUT2D eigenvalue weighted by Crippen LogP contribution is 2.30. The molecule has 0 radical (unpaired) electrons. The Morgan fingerprint density at radius 1 is 1.12 bits per heavy atom. The molecule has 11 nitrogen and oxygen atoms in total. The zero-order valence-electron chi connectivity index (χ0n) is 18.8. The molecule has 0 fully saturated rings. The van der Waals surface area contributed by atoms with E-state index in [-0.39, 0.29) is 33.5 Å². The number of carbonyl (C=O) groups is 1. The van der Waals surface area contributed by atoms with Gasteiger partial charge in [0.1, 0.15) is 21.9 Å². The largest absolute Gasteiger partial charge is 0.497 e. The number of aryl methyl sites for hydroxylation is 1. The number of amides is 1. The SMILES string of the molecule is COc1ccc(NC(=O)CSc2nc(-c3ccco3)nc3c2c(=O)n(C)c(=O)n3C)c(OC)c1. The number of rotatable bonds is 7. The van der Waals surface area contributed by atoms with Crippen LogP contribution in [0.3, 0.4) is 0 Å². The minimum atomic E-state index is -0.552. The van der Waals surface area contributed by atoms with Crippen LogP contribution in [0, 0.1) is 0 Å². The zero-order valence-corrected chi connectivity index (χ0v) is 19.6. The number of methoxy groups -OCH3 is 2. The first kappa shape index (κ1) is 23.1. The minimum Gasteiger partial charge on any atom is -0.497 e. The molecule has 0 unspecified atom stereocenters. The summed E-state index contributed by atoms with van der Waals surface area (Å²) in [6, 6.07) is 8.36. The lowest BCUT2D eigenvalue weighted by atomic mass is 10.2. The molecule has 12 heteroatoms. The third-order valence-corrected chi connectivity index (χ3v) is 6.01. The van der Waals surface area contributed by atoms with Crippen molar-refractivity contribution in [1.82, 2.24) is 19.1 Å². The van der Waals surface area contributed by atoms with Gasteiger partial charge in [0, 0.05) is 20.2 Å². The van der Waals surface area contributed by atoms with Crippen LogP contribution in [0.5, 0.6) is 11.5 Å². The third kappa shape index (κ3) is 4.27. The molecule has 0 saturated heterocycles. The highest BCUT2D eigenvalue weighted by Gasteiger charge is 2.20. The Kier molecular flexibility index (Phi) is 6.41. The van der Waals surface area contributed by atoms with Crippen molar-refractivity contribution in [2.75, 3.05) is 25.3 Å². The summed E-state index contributed by atoms with van der Waals surface area (Å²) in [4.78, 5) is 46.9. The van der Waals surface area contributed by atoms with Crippen molar-refractivity contribution in [3.05, 3.63) is 57.4 Å². The average Bonchev–Trinajstić information content (AvgIpc) is 3.39. The van der Waals surface area contributed by atoms with Crippen molar-refractivity contribution in [3.8, 4) is 23.1 Å². The van der Waals surface area contributed by atoms with E-state index in [0.717, 1.165) is 16.3 Å². The summed E-state index contributed by atoms with van der Waals surface area (Å²) >= 11 is 1.05. The fourth-order valence-corrected chi connectivity index (χ4v) is 4.09. The molecule has 0 bridgehead atoms. The second-order valence-corrected chi connectivity index (χ2v) is 8.10. The molecular weight excluding hydrogens is 462 g/mol. The van der Waals surface area contributed by atoms with Gasteiger partial charge in [0.25, 0.3) is 5.56 Å². The van der Waals surface area contributed by atoms with Gasteiger partial charge in [-0.05, 0) is 24.3 Å². The number of anilines is 1. The minimum absolute atomic E-state index is 0.0646. The van der Waals surface area contributed by atoms with Crippen molar-refractivity contribution < 1.29 is 18.7 Å². The quantitative estimate of drug-likeness (QED) is 0.310. The summed E-state index contributed by atoms with van der Waals surface area (Å²) in [5, 5.41) is 3.17. The Bertz CT molecular complexity index is 1490. The van der Waals surface area contributed by atoms with E-state index in [0.29, 0.717) is 22.9 Å². The fourth-order valence-electron chi connectivity index (χ4n) is 3.27. The summed E-state index contributed by atoms with van der Waals surface area (Å²) in [5.74, 6) is 1.18. The topological polar surface area (TPSA) is 130 Å². The molecule has 3 heterocycles. The maximum atomic E-state index is 12.9. The first-order chi connectivity index (χ1) is 16.3. The number of furan rings is 1. The molecule has 0 atom stereocenters. The summed E-state index contributed by atoms with van der Waals surface area (Å²) in [6.45, 7) is 0. The summed E-state index contributed by atoms with van der Waals surface area (Å²) in [6.07, 6.45) is 1.47. The van der Waals surface area contributed by atoms with Crippen LogP contribution in [0.4, 0.5) is 5.69 Å². The van der Waals surface area contributed by atoms with Crippen LogP contribution in [0.2, 0.25) is 0 Å². The summed E-state index contributed by atoms with van der Waals surface area (Å²) in [5.41, 5.74) is -0.462. The van der Waals surface area contributed by atoms with Crippen LogP contribution < -0.4 is 26.0 Å². The fraction of sp³-hybridized carbons (Fsp3) is 0.227. The lowest BCUT2D eigenvalue weighted by molar-refractivity contribution is -0.113. The van der Waals surface area contributed by atoms with Gasteiger partial charge >= 0.3 is 5.69 Å². The molecule has 34 heavy (non-hydrogen) atoms. The van der Waals surface area contributed by atoms with Crippen molar-refractivity contribution in [2.24, 2.45) is 14.1 Å². The van der Waals surface area contributed by atoms with Gasteiger partial charge in [-0.3, -0.25) is 18.7 Å². The molecule has 0 saturated carbocycles. The molecule has 1 N–H and O–H groups in total. The highest BCUT2D eigenvalue weighted by molar-refractivity contribution is 8.00. The normalized spacial score (nSPS) is 10.9. The van der Waals surface area contributed by atoms with E-state index in [9.17, 15) is 14.4 Å². The number of thioether (sulfide) groups is 1. The lowest BCUT2D eigenvalue weighted by Crippen LogP contribution is -2.37. The number of ether oxygens (including phenoxy) is 2. The van der Waals surface area contributed by atoms with Crippen LogP contribution in [-0.2, 0) is 18.9 Å². The van der Waals surface area contributed by atoms with Crippen molar-refractivity contribution in [2.45, 2.75) is 5.03 Å². The first-order valence-corrected chi connectivity index (χ1v) is 11.0. The molecule has 0 spiro atoms. The second-order valence-electron chi connectivity index (χ2n) is 7.14. The van der Waals surface area contributed by atoms with Gasteiger partial charge in [-0.25, -0.2) is 14.8 Å². The summed E-state index contributed by atoms with van der Waals surface area (Å²) < 4.78 is 18.1. The van der Waals surface area contributed by atoms with Crippen molar-refractivity contribution in [1.29, 1.82) is 0 Å². The van der Waals surface area contributed by atoms with Gasteiger partial charge in [0.15, 0.2) is 17.2 Å². The summed E-state index contributed by atoms with van der Waals surface area (Å²) in [7, 11) is 5.91. The van der Waals surface area contributed by atoms with Crippen LogP contribution in [0.25, 0.3) is 22.6 Å². The van der Waals surface area contributed by atoms with Crippen LogP contribution >= 0.6 is 11.8 Å². The Balaban J connectivity index is 1.69. The predicted molar refractivity (Wildman–Crippen MR) is 127 cm³/mol. The number of aromatic nitrogens is 4. The van der Waals surface area contributed by atoms with E-state index >= 15 is 0 Å². The molecular formula is C22H21N5O6S. The molecule has 0 aliphatic heterocycles. The molecule has 0 aliphatic carbocycles. The zero-order chi connectivity index (χ0) is 24.4. The first-order valence-electron chi connectivity index (χ1n) is 10.00. The van der Waals surface area contributed by atoms with Gasteiger partial charge < -0.3 is 19.2 Å². The second kappa shape index (κ2) is 9.43. The Morgan fingerprint density at radius 3 is 2.59 bits per heavy atom. The molecule has 1 aromatic carbocycles. The van der Waals surface area contributed by atoms with Gasteiger partial charge in [-0.2, -0.15) is 0 Å². The van der Waals surface area contributed by atoms with Crippen LogP contribution in [0.15, 0.2) is 55.6 Å². The maximum absolute atomic E-state index is 12.9. The van der Waals surface area contributed by atoms with Gasteiger partial charge in [-0.15, -0.1) is 0 Å². The standard InChI is InChI=1S/C22H21N5O6S/c1-26-19-17(21(29)27(2)22(26)30)20(25-18(24-19)14-6-5-9-33-14)34-11-16(28)23-13-8-7-12(31-3)10-15(13)32-4/h5-10H,11H2,1-4H3,(H,23,28). The number of benzene rings is 1. The van der Waals surface area contributed by atoms with E-state index in [1.165, 1.54) is 39.1 Å². The molecule has 0 aliphatic rings. The maximum Gasteiger partial charge on any atom is 0.332 e. The van der Waals surface area contributed by atoms with E-state index in [1.807, 2.05) is 0 Å². The number of carbonyl (C=O) groups excluding carboxylic acids is 1. The average molecular weight is 484 g/mol. The molecule has 1 amide bonds. The van der Waals surface area contributed by atoms with Gasteiger partial charge in [0.05, 0.1) is 31.9 Å².